The molecule has 3 N–H and O–H groups in total. The molecular weight excluding hydrogens is 314 g/mol. The molecule has 1 atom stereocenters. The summed E-state index contributed by atoms with van der Waals surface area (Å²) in [6.45, 7) is 1.45. The van der Waals surface area contributed by atoms with Gasteiger partial charge < -0.3 is 15.4 Å². The molecule has 1 aromatic heterocycles. The van der Waals surface area contributed by atoms with Crippen LogP contribution in [0.1, 0.15) is 17.3 Å². The summed E-state index contributed by atoms with van der Waals surface area (Å²) in [5.41, 5.74) is 1.66. The number of benzene rings is 2. The average molecular weight is 330 g/mol. The number of hydrogen-bond acceptors (Lipinski definition) is 2. The van der Waals surface area contributed by atoms with Gasteiger partial charge in [0.2, 0.25) is 0 Å². The van der Waals surface area contributed by atoms with Crippen LogP contribution in [0.4, 0.5) is 8.78 Å². The number of carbonyl (C=O) groups is 1. The highest BCUT2D eigenvalue weighted by atomic mass is 19.1. The number of halogens is 2. The zero-order valence-electron chi connectivity index (χ0n) is 12.9. The number of rotatable bonds is 4. The van der Waals surface area contributed by atoms with Gasteiger partial charge in [-0.2, -0.15) is 0 Å². The lowest BCUT2D eigenvalue weighted by Crippen LogP contribution is -2.35. The quantitative estimate of drug-likeness (QED) is 0.688. The van der Waals surface area contributed by atoms with Crippen LogP contribution in [0.5, 0.6) is 0 Å². The predicted molar refractivity (Wildman–Crippen MR) is 87.7 cm³/mol. The van der Waals surface area contributed by atoms with Gasteiger partial charge in [-0.15, -0.1) is 0 Å². The fourth-order valence-corrected chi connectivity index (χ4v) is 2.55. The molecule has 0 unspecified atom stereocenters. The highest BCUT2D eigenvalue weighted by Gasteiger charge is 2.15. The molecule has 0 bridgehead atoms. The Morgan fingerprint density at radius 3 is 2.71 bits per heavy atom. The summed E-state index contributed by atoms with van der Waals surface area (Å²) >= 11 is 0. The zero-order valence-corrected chi connectivity index (χ0v) is 12.9. The van der Waals surface area contributed by atoms with Crippen molar-refractivity contribution in [1.82, 2.24) is 10.3 Å². The molecular formula is C18H16F2N2O2. The van der Waals surface area contributed by atoms with Crippen molar-refractivity contribution in [2.75, 3.05) is 6.61 Å². The first-order chi connectivity index (χ1) is 11.5. The number of fused-ring (bicyclic) bond motifs is 1. The van der Waals surface area contributed by atoms with Gasteiger partial charge in [0.15, 0.2) is 0 Å². The monoisotopic (exact) mass is 330 g/mol. The number of H-pyrrole nitrogens is 1. The fraction of sp³-hybridized carbons (Fsp3) is 0.167. The molecule has 0 saturated carbocycles. The second-order valence-corrected chi connectivity index (χ2v) is 5.64. The van der Waals surface area contributed by atoms with E-state index in [1.807, 2.05) is 0 Å². The van der Waals surface area contributed by atoms with E-state index < -0.39 is 17.8 Å². The van der Waals surface area contributed by atoms with Crippen molar-refractivity contribution in [2.24, 2.45) is 0 Å². The summed E-state index contributed by atoms with van der Waals surface area (Å²) in [4.78, 5) is 14.9. The van der Waals surface area contributed by atoms with Crippen LogP contribution in [0.15, 0.2) is 42.6 Å². The second-order valence-electron chi connectivity index (χ2n) is 5.64. The van der Waals surface area contributed by atoms with Crippen molar-refractivity contribution in [2.45, 2.75) is 13.0 Å². The van der Waals surface area contributed by atoms with E-state index in [-0.39, 0.29) is 18.0 Å². The number of carbonyl (C=O) groups excluding carboxylic acids is 1. The van der Waals surface area contributed by atoms with Crippen LogP contribution in [0.3, 0.4) is 0 Å². The molecule has 124 valence electrons. The van der Waals surface area contributed by atoms with E-state index in [0.717, 1.165) is 6.07 Å². The maximum atomic E-state index is 14.5. The molecule has 24 heavy (non-hydrogen) atoms. The topological polar surface area (TPSA) is 65.1 Å². The van der Waals surface area contributed by atoms with Gasteiger partial charge in [0.25, 0.3) is 5.91 Å². The van der Waals surface area contributed by atoms with Crippen molar-refractivity contribution in [3.05, 3.63) is 59.8 Å². The summed E-state index contributed by atoms with van der Waals surface area (Å²) in [7, 11) is 0. The molecule has 1 amide bonds. The standard InChI is InChI=1S/C18H16F2N2O2/c1-10(9-23)22-18(24)11-2-4-13(16(20)6-11)15-8-21-17-7-12(19)3-5-14(15)17/h2-8,10,21,23H,9H2,1H3,(H,22,24)/t10-/m1/s1. The third kappa shape index (κ3) is 3.00. The van der Waals surface area contributed by atoms with E-state index in [2.05, 4.69) is 10.3 Å². The zero-order chi connectivity index (χ0) is 17.3. The molecule has 0 aliphatic heterocycles. The van der Waals surface area contributed by atoms with Crippen molar-refractivity contribution in [3.63, 3.8) is 0 Å². The SMILES string of the molecule is C[C@H](CO)NC(=O)c1ccc(-c2c[nH]c3cc(F)ccc23)c(F)c1. The van der Waals surface area contributed by atoms with E-state index in [1.54, 1.807) is 19.2 Å². The van der Waals surface area contributed by atoms with Crippen LogP contribution in [0.25, 0.3) is 22.0 Å². The van der Waals surface area contributed by atoms with Gasteiger partial charge >= 0.3 is 0 Å². The minimum absolute atomic E-state index is 0.169. The van der Waals surface area contributed by atoms with Crippen molar-refractivity contribution < 1.29 is 18.7 Å². The molecule has 0 saturated heterocycles. The Morgan fingerprint density at radius 2 is 2.00 bits per heavy atom. The minimum Gasteiger partial charge on any atom is -0.394 e. The second kappa shape index (κ2) is 6.41. The molecule has 1 heterocycles. The van der Waals surface area contributed by atoms with E-state index >= 15 is 0 Å². The Kier molecular flexibility index (Phi) is 4.31. The van der Waals surface area contributed by atoms with Crippen molar-refractivity contribution >= 4 is 16.8 Å². The van der Waals surface area contributed by atoms with Gasteiger partial charge in [0.05, 0.1) is 6.61 Å². The van der Waals surface area contributed by atoms with E-state index in [0.29, 0.717) is 22.0 Å². The molecule has 4 nitrogen and oxygen atoms in total. The Bertz CT molecular complexity index is 905. The molecule has 3 aromatic rings. The summed E-state index contributed by atoms with van der Waals surface area (Å²) in [5.74, 6) is -1.38. The smallest absolute Gasteiger partial charge is 0.251 e. The molecule has 0 aliphatic rings. The Labute approximate surface area is 137 Å². The number of aliphatic hydroxyl groups excluding tert-OH is 1. The summed E-state index contributed by atoms with van der Waals surface area (Å²) < 4.78 is 27.7. The number of aromatic nitrogens is 1. The third-order valence-electron chi connectivity index (χ3n) is 3.82. The molecule has 0 aliphatic carbocycles. The number of nitrogens with one attached hydrogen (secondary N) is 2. The average Bonchev–Trinajstić information content (AvgIpc) is 2.97. The largest absolute Gasteiger partial charge is 0.394 e. The highest BCUT2D eigenvalue weighted by Crippen LogP contribution is 2.31. The number of aromatic amines is 1. The maximum absolute atomic E-state index is 14.5. The first kappa shape index (κ1) is 16.1. The van der Waals surface area contributed by atoms with Crippen LogP contribution in [0.2, 0.25) is 0 Å². The lowest BCUT2D eigenvalue weighted by Gasteiger charge is -2.11. The molecule has 2 aromatic carbocycles. The van der Waals surface area contributed by atoms with E-state index in [9.17, 15) is 13.6 Å². The van der Waals surface area contributed by atoms with Gasteiger partial charge in [-0.1, -0.05) is 6.07 Å². The summed E-state index contributed by atoms with van der Waals surface area (Å²) in [6, 6.07) is 8.00. The molecule has 0 spiro atoms. The van der Waals surface area contributed by atoms with Gasteiger partial charge in [0, 0.05) is 39.8 Å². The van der Waals surface area contributed by atoms with Crippen LogP contribution in [0, 0.1) is 11.6 Å². The fourth-order valence-electron chi connectivity index (χ4n) is 2.55. The first-order valence-corrected chi connectivity index (χ1v) is 7.48. The van der Waals surface area contributed by atoms with E-state index in [4.69, 9.17) is 5.11 Å². The normalized spacial score (nSPS) is 12.3. The molecule has 0 radical (unpaired) electrons. The molecule has 3 rings (SSSR count). The first-order valence-electron chi connectivity index (χ1n) is 7.48. The van der Waals surface area contributed by atoms with Gasteiger partial charge in [-0.25, -0.2) is 8.78 Å². The maximum Gasteiger partial charge on any atom is 0.251 e. The van der Waals surface area contributed by atoms with Crippen LogP contribution < -0.4 is 5.32 Å². The van der Waals surface area contributed by atoms with Crippen LogP contribution >= 0.6 is 0 Å². The predicted octanol–water partition coefficient (Wildman–Crippen LogP) is 3.22. The van der Waals surface area contributed by atoms with Crippen LogP contribution in [-0.4, -0.2) is 28.6 Å². The lowest BCUT2D eigenvalue weighted by atomic mass is 10.0. The van der Waals surface area contributed by atoms with Crippen molar-refractivity contribution in [1.29, 1.82) is 0 Å². The third-order valence-corrected chi connectivity index (χ3v) is 3.82. The Hall–Kier alpha value is -2.73. The number of amides is 1. The highest BCUT2D eigenvalue weighted by molar-refractivity contribution is 5.98. The summed E-state index contributed by atoms with van der Waals surface area (Å²) in [6.07, 6.45) is 1.61. The van der Waals surface area contributed by atoms with Crippen molar-refractivity contribution in [3.8, 4) is 11.1 Å². The Balaban J connectivity index is 1.96. The van der Waals surface area contributed by atoms with Gasteiger partial charge in [-0.05, 0) is 37.3 Å². The number of hydrogen-bond donors (Lipinski definition) is 3. The van der Waals surface area contributed by atoms with Gasteiger partial charge in [-0.3, -0.25) is 4.79 Å². The van der Waals surface area contributed by atoms with E-state index in [1.165, 1.54) is 24.3 Å². The number of aliphatic hydroxyl groups is 1. The van der Waals surface area contributed by atoms with Crippen LogP contribution in [-0.2, 0) is 0 Å². The Morgan fingerprint density at radius 1 is 1.21 bits per heavy atom. The molecule has 6 heteroatoms. The minimum atomic E-state index is -0.551. The molecule has 0 fully saturated rings. The lowest BCUT2D eigenvalue weighted by molar-refractivity contribution is 0.0922. The van der Waals surface area contributed by atoms with Gasteiger partial charge in [0.1, 0.15) is 11.6 Å². The summed E-state index contributed by atoms with van der Waals surface area (Å²) in [5, 5.41) is 12.2.